The number of carbonyl (C=O) groups is 2. The van der Waals surface area contributed by atoms with Gasteiger partial charge in [0.05, 0.1) is 10.6 Å². The number of Topliss-reactive ketones (excluding diaryl/α,β-unsaturated/α-hetero) is 1. The molecule has 3 rings (SSSR count). The van der Waals surface area contributed by atoms with Crippen LogP contribution < -0.4 is 4.72 Å². The summed E-state index contributed by atoms with van der Waals surface area (Å²) in [5.41, 5.74) is 2.86. The highest BCUT2D eigenvalue weighted by atomic mass is 32.2. The van der Waals surface area contributed by atoms with Gasteiger partial charge in [0.1, 0.15) is 0 Å². The number of ketones is 1. The summed E-state index contributed by atoms with van der Waals surface area (Å²) < 4.78 is 28.3. The molecule has 27 heavy (non-hydrogen) atoms. The van der Waals surface area contributed by atoms with Crippen molar-refractivity contribution in [3.05, 3.63) is 59.2 Å². The molecule has 2 aromatic rings. The molecule has 0 aromatic heterocycles. The van der Waals surface area contributed by atoms with E-state index in [2.05, 4.69) is 4.72 Å². The van der Waals surface area contributed by atoms with Crippen molar-refractivity contribution in [1.29, 1.82) is 0 Å². The summed E-state index contributed by atoms with van der Waals surface area (Å²) >= 11 is 0.959. The maximum Gasteiger partial charge on any atom is 0.262 e. The van der Waals surface area contributed by atoms with Gasteiger partial charge in [-0.25, -0.2) is 8.42 Å². The molecule has 0 heterocycles. The van der Waals surface area contributed by atoms with Gasteiger partial charge in [-0.1, -0.05) is 23.9 Å². The number of carbonyl (C=O) groups excluding carboxylic acids is 2. The van der Waals surface area contributed by atoms with Gasteiger partial charge in [0.25, 0.3) is 10.0 Å². The number of benzene rings is 2. The van der Waals surface area contributed by atoms with Crippen LogP contribution >= 0.6 is 11.8 Å². The van der Waals surface area contributed by atoms with Crippen molar-refractivity contribution in [2.45, 2.75) is 37.5 Å². The van der Waals surface area contributed by atoms with Crippen molar-refractivity contribution in [3.63, 3.8) is 0 Å². The highest BCUT2D eigenvalue weighted by Gasteiger charge is 2.22. The number of rotatable bonds is 6. The third-order valence-electron chi connectivity index (χ3n) is 4.51. The van der Waals surface area contributed by atoms with E-state index in [1.54, 1.807) is 36.4 Å². The molecule has 0 saturated carbocycles. The predicted molar refractivity (Wildman–Crippen MR) is 108 cm³/mol. The van der Waals surface area contributed by atoms with Crippen molar-refractivity contribution in [1.82, 2.24) is 0 Å². The van der Waals surface area contributed by atoms with Crippen molar-refractivity contribution < 1.29 is 18.0 Å². The standard InChI is InChI=1S/C20H21NO4S2/c1-14(22)26-13-19(23)16-9-11-17(12-10-16)21-27(24,25)20-8-4-6-15-5-2-3-7-18(15)20/h4,6,8-12,21H,2-3,5,7,13H2,1H3. The SMILES string of the molecule is CC(=O)SCC(=O)c1ccc(NS(=O)(=O)c2cccc3c2CCCC3)cc1. The van der Waals surface area contributed by atoms with Crippen LogP contribution in [0.15, 0.2) is 47.4 Å². The fourth-order valence-corrected chi connectivity index (χ4v) is 5.06. The van der Waals surface area contributed by atoms with Gasteiger partial charge in [0, 0.05) is 18.2 Å². The lowest BCUT2D eigenvalue weighted by molar-refractivity contribution is -0.109. The molecule has 0 radical (unpaired) electrons. The van der Waals surface area contributed by atoms with E-state index < -0.39 is 10.0 Å². The van der Waals surface area contributed by atoms with E-state index in [9.17, 15) is 18.0 Å². The number of anilines is 1. The van der Waals surface area contributed by atoms with E-state index in [1.807, 2.05) is 6.07 Å². The van der Waals surface area contributed by atoms with Gasteiger partial charge in [0.15, 0.2) is 10.9 Å². The highest BCUT2D eigenvalue weighted by molar-refractivity contribution is 8.14. The molecule has 1 aliphatic carbocycles. The van der Waals surface area contributed by atoms with Crippen molar-refractivity contribution >= 4 is 38.4 Å². The Balaban J connectivity index is 1.77. The second-order valence-electron chi connectivity index (χ2n) is 6.49. The Bertz CT molecular complexity index is 966. The molecule has 0 unspecified atom stereocenters. The Kier molecular flexibility index (Phi) is 6.01. The van der Waals surface area contributed by atoms with Crippen LogP contribution in [0.2, 0.25) is 0 Å². The molecule has 2 aromatic carbocycles. The summed E-state index contributed by atoms with van der Waals surface area (Å²) in [4.78, 5) is 23.3. The van der Waals surface area contributed by atoms with E-state index in [0.717, 1.165) is 48.6 Å². The Labute approximate surface area is 163 Å². The fraction of sp³-hybridized carbons (Fsp3) is 0.300. The molecule has 5 nitrogen and oxygen atoms in total. The summed E-state index contributed by atoms with van der Waals surface area (Å²) in [6.45, 7) is 1.41. The molecule has 7 heteroatoms. The largest absolute Gasteiger partial charge is 0.293 e. The van der Waals surface area contributed by atoms with E-state index in [4.69, 9.17) is 0 Å². The number of hydrogen-bond acceptors (Lipinski definition) is 5. The van der Waals surface area contributed by atoms with E-state index in [1.165, 1.54) is 6.92 Å². The van der Waals surface area contributed by atoms with Crippen LogP contribution in [0.25, 0.3) is 0 Å². The van der Waals surface area contributed by atoms with Gasteiger partial charge in [-0.15, -0.1) is 0 Å². The zero-order chi connectivity index (χ0) is 19.4. The van der Waals surface area contributed by atoms with E-state index >= 15 is 0 Å². The topological polar surface area (TPSA) is 80.3 Å². The van der Waals surface area contributed by atoms with Crippen LogP contribution in [0.4, 0.5) is 5.69 Å². The maximum absolute atomic E-state index is 12.9. The van der Waals surface area contributed by atoms with E-state index in [0.29, 0.717) is 16.1 Å². The number of nitrogens with one attached hydrogen (secondary N) is 1. The minimum absolute atomic E-state index is 0.0799. The van der Waals surface area contributed by atoms with Gasteiger partial charge in [-0.05, 0) is 67.1 Å². The molecule has 142 valence electrons. The number of sulfonamides is 1. The van der Waals surface area contributed by atoms with Gasteiger partial charge < -0.3 is 0 Å². The second kappa shape index (κ2) is 8.27. The molecule has 1 aliphatic rings. The van der Waals surface area contributed by atoms with Crippen LogP contribution in [0, 0.1) is 0 Å². The quantitative estimate of drug-likeness (QED) is 0.742. The minimum Gasteiger partial charge on any atom is -0.293 e. The molecule has 0 spiro atoms. The number of aryl methyl sites for hydroxylation is 1. The lowest BCUT2D eigenvalue weighted by atomic mass is 9.92. The average molecular weight is 404 g/mol. The first kappa shape index (κ1) is 19.6. The number of hydrogen-bond donors (Lipinski definition) is 1. The molecule has 0 bridgehead atoms. The van der Waals surface area contributed by atoms with Crippen LogP contribution in [0.3, 0.4) is 0 Å². The third kappa shape index (κ3) is 4.78. The zero-order valence-electron chi connectivity index (χ0n) is 15.0. The molecule has 1 N–H and O–H groups in total. The Morgan fingerprint density at radius 1 is 1.04 bits per heavy atom. The molecule has 0 fully saturated rings. The second-order valence-corrected chi connectivity index (χ2v) is 9.29. The Hall–Kier alpha value is -2.12. The molecule has 0 saturated heterocycles. The summed E-state index contributed by atoms with van der Waals surface area (Å²) in [6.07, 6.45) is 3.76. The highest BCUT2D eigenvalue weighted by Crippen LogP contribution is 2.28. The fourth-order valence-electron chi connectivity index (χ4n) is 3.18. The summed E-state index contributed by atoms with van der Waals surface area (Å²) in [5, 5.41) is -0.112. The van der Waals surface area contributed by atoms with Crippen LogP contribution in [-0.4, -0.2) is 25.1 Å². The minimum atomic E-state index is -3.69. The predicted octanol–water partition coefficient (Wildman–Crippen LogP) is 3.83. The first-order chi connectivity index (χ1) is 12.9. The first-order valence-electron chi connectivity index (χ1n) is 8.77. The smallest absolute Gasteiger partial charge is 0.262 e. The zero-order valence-corrected chi connectivity index (χ0v) is 16.7. The van der Waals surface area contributed by atoms with E-state index in [-0.39, 0.29) is 16.7 Å². The van der Waals surface area contributed by atoms with Crippen molar-refractivity contribution in [2.75, 3.05) is 10.5 Å². The van der Waals surface area contributed by atoms with Crippen LogP contribution in [0.1, 0.15) is 41.3 Å². The molecular weight excluding hydrogens is 382 g/mol. The number of thioether (sulfide) groups is 1. The molecule has 0 atom stereocenters. The molecule has 0 aliphatic heterocycles. The monoisotopic (exact) mass is 403 g/mol. The van der Waals surface area contributed by atoms with Gasteiger partial charge in [-0.3, -0.25) is 14.3 Å². The summed E-state index contributed by atoms with van der Waals surface area (Å²) in [5.74, 6) is -0.0851. The van der Waals surface area contributed by atoms with Gasteiger partial charge in [-0.2, -0.15) is 0 Å². The van der Waals surface area contributed by atoms with Crippen LogP contribution in [0.5, 0.6) is 0 Å². The van der Waals surface area contributed by atoms with Crippen molar-refractivity contribution in [3.8, 4) is 0 Å². The van der Waals surface area contributed by atoms with Gasteiger partial charge in [0.2, 0.25) is 0 Å². The average Bonchev–Trinajstić information content (AvgIpc) is 2.66. The van der Waals surface area contributed by atoms with Crippen molar-refractivity contribution in [2.24, 2.45) is 0 Å². The lowest BCUT2D eigenvalue weighted by Gasteiger charge is -2.19. The molecule has 0 amide bonds. The normalized spacial score (nSPS) is 13.7. The van der Waals surface area contributed by atoms with Gasteiger partial charge >= 0.3 is 0 Å². The van der Waals surface area contributed by atoms with Crippen LogP contribution in [-0.2, 0) is 27.7 Å². The summed E-state index contributed by atoms with van der Waals surface area (Å²) in [7, 11) is -3.69. The summed E-state index contributed by atoms with van der Waals surface area (Å²) in [6, 6.07) is 11.7. The Morgan fingerprint density at radius 3 is 2.44 bits per heavy atom. The first-order valence-corrected chi connectivity index (χ1v) is 11.2. The lowest BCUT2D eigenvalue weighted by Crippen LogP contribution is -2.17. The number of fused-ring (bicyclic) bond motifs is 1. The third-order valence-corrected chi connectivity index (χ3v) is 6.79. The molecular formula is C20H21NO4S2. The maximum atomic E-state index is 12.9. The Morgan fingerprint density at radius 2 is 1.74 bits per heavy atom.